The molecule has 0 spiro atoms. The molecule has 2 atom stereocenters. The van der Waals surface area contributed by atoms with E-state index in [-0.39, 0.29) is 11.9 Å². The van der Waals surface area contributed by atoms with E-state index in [0.717, 1.165) is 5.57 Å². The number of carbonyl (C=O) groups excluding carboxylic acids is 1. The number of Topliss-reactive ketones (excluding diaryl/α,β-unsaturated/α-hetero) is 1. The summed E-state index contributed by atoms with van der Waals surface area (Å²) in [7, 11) is 1.62. The Morgan fingerprint density at radius 1 is 1.53 bits per heavy atom. The van der Waals surface area contributed by atoms with Gasteiger partial charge in [-0.05, 0) is 17.7 Å². The van der Waals surface area contributed by atoms with E-state index in [1.807, 2.05) is 18.2 Å². The summed E-state index contributed by atoms with van der Waals surface area (Å²) in [5.74, 6) is -0.952. The Kier molecular flexibility index (Phi) is 4.22. The molecule has 0 amide bonds. The number of hydrogen-bond acceptors (Lipinski definition) is 4. The molecule has 1 heterocycles. The minimum Gasteiger partial charge on any atom is -0.377 e. The molecule has 0 radical (unpaired) electrons. The van der Waals surface area contributed by atoms with Crippen molar-refractivity contribution in [2.75, 3.05) is 7.11 Å². The monoisotopic (exact) mass is 254 g/mol. The van der Waals surface area contributed by atoms with E-state index in [1.165, 1.54) is 0 Å². The molecule has 1 aliphatic carbocycles. The highest BCUT2D eigenvalue weighted by molar-refractivity contribution is 6.01. The molecule has 0 saturated carbocycles. The van der Waals surface area contributed by atoms with Gasteiger partial charge in [-0.2, -0.15) is 5.26 Å². The second-order valence-corrected chi connectivity index (χ2v) is 4.27. The number of nitrogens with zero attached hydrogens (tertiary/aromatic N) is 2. The lowest BCUT2D eigenvalue weighted by atomic mass is 9.86. The van der Waals surface area contributed by atoms with Gasteiger partial charge in [0.05, 0.1) is 12.2 Å². The summed E-state index contributed by atoms with van der Waals surface area (Å²) in [6.07, 6.45) is 9.17. The smallest absolute Gasteiger partial charge is 0.184 e. The molecule has 4 heteroatoms. The van der Waals surface area contributed by atoms with Crippen molar-refractivity contribution in [1.29, 1.82) is 5.26 Å². The lowest BCUT2D eigenvalue weighted by Crippen LogP contribution is -2.21. The SMILES string of the molecule is COC1C=CC=C(C(C#N)C(=O)c2ccncc2)C1. The number of carbonyl (C=O) groups is 1. The van der Waals surface area contributed by atoms with Crippen LogP contribution < -0.4 is 0 Å². The highest BCUT2D eigenvalue weighted by Crippen LogP contribution is 2.25. The number of rotatable bonds is 4. The average Bonchev–Trinajstić information content (AvgIpc) is 2.49. The predicted molar refractivity (Wildman–Crippen MR) is 70.3 cm³/mol. The summed E-state index contributed by atoms with van der Waals surface area (Å²) in [6.45, 7) is 0. The minimum atomic E-state index is -0.759. The molecule has 0 aromatic carbocycles. The zero-order valence-electron chi connectivity index (χ0n) is 10.6. The molecular formula is C15H14N2O2. The molecule has 1 aromatic heterocycles. The molecular weight excluding hydrogens is 240 g/mol. The Hall–Kier alpha value is -2.25. The quantitative estimate of drug-likeness (QED) is 0.773. The molecule has 1 aromatic rings. The van der Waals surface area contributed by atoms with Gasteiger partial charge < -0.3 is 4.74 Å². The van der Waals surface area contributed by atoms with Gasteiger partial charge in [-0.3, -0.25) is 9.78 Å². The third-order valence-electron chi connectivity index (χ3n) is 3.10. The van der Waals surface area contributed by atoms with Crippen molar-refractivity contribution in [3.63, 3.8) is 0 Å². The molecule has 19 heavy (non-hydrogen) atoms. The molecule has 2 unspecified atom stereocenters. The van der Waals surface area contributed by atoms with Crippen molar-refractivity contribution in [2.45, 2.75) is 12.5 Å². The van der Waals surface area contributed by atoms with E-state index in [9.17, 15) is 10.1 Å². The van der Waals surface area contributed by atoms with Crippen LogP contribution in [0.25, 0.3) is 0 Å². The molecule has 0 aliphatic heterocycles. The van der Waals surface area contributed by atoms with E-state index < -0.39 is 5.92 Å². The van der Waals surface area contributed by atoms with Gasteiger partial charge in [0.25, 0.3) is 0 Å². The lowest BCUT2D eigenvalue weighted by molar-refractivity contribution is 0.0953. The largest absolute Gasteiger partial charge is 0.377 e. The number of allylic oxidation sites excluding steroid dienone is 2. The maximum absolute atomic E-state index is 12.3. The molecule has 0 bridgehead atoms. The first-order valence-electron chi connectivity index (χ1n) is 6.00. The van der Waals surface area contributed by atoms with Crippen LogP contribution in [0, 0.1) is 17.2 Å². The summed E-state index contributed by atoms with van der Waals surface area (Å²) >= 11 is 0. The molecule has 1 aliphatic rings. The van der Waals surface area contributed by atoms with Crippen molar-refractivity contribution in [1.82, 2.24) is 4.98 Å². The molecule has 96 valence electrons. The van der Waals surface area contributed by atoms with Gasteiger partial charge in [-0.25, -0.2) is 0 Å². The molecule has 2 rings (SSSR count). The fourth-order valence-corrected chi connectivity index (χ4v) is 2.04. The lowest BCUT2D eigenvalue weighted by Gasteiger charge is -2.19. The molecule has 0 saturated heterocycles. The summed E-state index contributed by atoms with van der Waals surface area (Å²) in [4.78, 5) is 16.2. The van der Waals surface area contributed by atoms with Gasteiger partial charge in [0, 0.05) is 31.5 Å². The van der Waals surface area contributed by atoms with Crippen LogP contribution in [0.1, 0.15) is 16.8 Å². The molecule has 0 fully saturated rings. The first kappa shape index (κ1) is 13.2. The Labute approximate surface area is 112 Å². The second-order valence-electron chi connectivity index (χ2n) is 4.27. The first-order valence-corrected chi connectivity index (χ1v) is 6.00. The average molecular weight is 254 g/mol. The normalized spacial score (nSPS) is 19.4. The van der Waals surface area contributed by atoms with Crippen LogP contribution in [-0.4, -0.2) is 24.0 Å². The van der Waals surface area contributed by atoms with Gasteiger partial charge >= 0.3 is 0 Å². The van der Waals surface area contributed by atoms with E-state index >= 15 is 0 Å². The molecule has 0 N–H and O–H groups in total. The summed E-state index contributed by atoms with van der Waals surface area (Å²) in [5, 5.41) is 9.28. The fraction of sp³-hybridized carbons (Fsp3) is 0.267. The minimum absolute atomic E-state index is 0.0684. The number of aromatic nitrogens is 1. The van der Waals surface area contributed by atoms with Crippen LogP contribution in [0.2, 0.25) is 0 Å². The van der Waals surface area contributed by atoms with Crippen LogP contribution in [0.15, 0.2) is 48.3 Å². The molecule has 4 nitrogen and oxygen atoms in total. The van der Waals surface area contributed by atoms with Gasteiger partial charge in [0.15, 0.2) is 5.78 Å². The van der Waals surface area contributed by atoms with E-state index in [0.29, 0.717) is 12.0 Å². The summed E-state index contributed by atoms with van der Waals surface area (Å²) < 4.78 is 5.24. The van der Waals surface area contributed by atoms with E-state index in [1.54, 1.807) is 31.6 Å². The van der Waals surface area contributed by atoms with Crippen LogP contribution in [-0.2, 0) is 4.74 Å². The number of hydrogen-bond donors (Lipinski definition) is 0. The van der Waals surface area contributed by atoms with Gasteiger partial charge in [0.1, 0.15) is 5.92 Å². The Balaban J connectivity index is 2.22. The van der Waals surface area contributed by atoms with Crippen molar-refractivity contribution >= 4 is 5.78 Å². The maximum Gasteiger partial charge on any atom is 0.184 e. The van der Waals surface area contributed by atoms with Crippen molar-refractivity contribution in [2.24, 2.45) is 5.92 Å². The van der Waals surface area contributed by atoms with Crippen LogP contribution >= 0.6 is 0 Å². The van der Waals surface area contributed by atoms with E-state index in [4.69, 9.17) is 4.74 Å². The zero-order valence-corrected chi connectivity index (χ0v) is 10.6. The van der Waals surface area contributed by atoms with Crippen LogP contribution in [0.5, 0.6) is 0 Å². The number of ether oxygens (including phenoxy) is 1. The second kappa shape index (κ2) is 6.07. The standard InChI is InChI=1S/C15H14N2O2/c1-19-13-4-2-3-12(9-13)14(10-16)15(18)11-5-7-17-8-6-11/h2-8,13-14H,9H2,1H3. The first-order chi connectivity index (χ1) is 9.26. The highest BCUT2D eigenvalue weighted by Gasteiger charge is 2.26. The number of pyridine rings is 1. The fourth-order valence-electron chi connectivity index (χ4n) is 2.04. The number of nitriles is 1. The third-order valence-corrected chi connectivity index (χ3v) is 3.10. The summed E-state index contributed by atoms with van der Waals surface area (Å²) in [6, 6.07) is 5.34. The summed E-state index contributed by atoms with van der Waals surface area (Å²) in [5.41, 5.74) is 1.30. The van der Waals surface area contributed by atoms with Crippen molar-refractivity contribution < 1.29 is 9.53 Å². The number of methoxy groups -OCH3 is 1. The predicted octanol–water partition coefficient (Wildman–Crippen LogP) is 2.31. The zero-order chi connectivity index (χ0) is 13.7. The van der Waals surface area contributed by atoms with E-state index in [2.05, 4.69) is 11.1 Å². The van der Waals surface area contributed by atoms with Gasteiger partial charge in [-0.1, -0.05) is 18.2 Å². The highest BCUT2D eigenvalue weighted by atomic mass is 16.5. The number of ketones is 1. The topological polar surface area (TPSA) is 63.0 Å². The Morgan fingerprint density at radius 2 is 2.26 bits per heavy atom. The third kappa shape index (κ3) is 2.95. The Bertz CT molecular complexity index is 555. The Morgan fingerprint density at radius 3 is 2.89 bits per heavy atom. The maximum atomic E-state index is 12.3. The van der Waals surface area contributed by atoms with Crippen molar-refractivity contribution in [3.05, 3.63) is 53.9 Å². The van der Waals surface area contributed by atoms with Crippen LogP contribution in [0.3, 0.4) is 0 Å². The van der Waals surface area contributed by atoms with Gasteiger partial charge in [0.2, 0.25) is 0 Å². The van der Waals surface area contributed by atoms with Gasteiger partial charge in [-0.15, -0.1) is 0 Å². The van der Waals surface area contributed by atoms with Crippen LogP contribution in [0.4, 0.5) is 0 Å². The van der Waals surface area contributed by atoms with Crippen molar-refractivity contribution in [3.8, 4) is 6.07 Å².